The van der Waals surface area contributed by atoms with Crippen molar-refractivity contribution in [3.05, 3.63) is 65.2 Å². The molecule has 1 aromatic heterocycles. The number of anilines is 1. The Labute approximate surface area is 108 Å². The molecule has 1 aromatic rings. The van der Waals surface area contributed by atoms with Gasteiger partial charge in [0.15, 0.2) is 11.6 Å². The van der Waals surface area contributed by atoms with Crippen molar-refractivity contribution >= 4 is 11.7 Å². The standard InChI is InChI=1S/C14H9FN2O2/c15-9-6-12(18)13(16-7-9)17-14(19)11-5-4-8-2-1-3-10(8)11/h1-7,18H,(H,16,17,19). The molecular weight excluding hydrogens is 247 g/mol. The largest absolute Gasteiger partial charge is 0.504 e. The first-order valence-corrected chi connectivity index (χ1v) is 5.62. The van der Waals surface area contributed by atoms with E-state index in [-0.39, 0.29) is 5.82 Å². The van der Waals surface area contributed by atoms with E-state index in [4.69, 9.17) is 0 Å². The molecule has 1 amide bonds. The summed E-state index contributed by atoms with van der Waals surface area (Å²) >= 11 is 0. The molecule has 19 heavy (non-hydrogen) atoms. The SMILES string of the molecule is O=C(Nc1ncc(F)cc1O)C1=CC=C2C=CC=C21. The van der Waals surface area contributed by atoms with Gasteiger partial charge in [0.25, 0.3) is 5.91 Å². The zero-order valence-corrected chi connectivity index (χ0v) is 9.72. The van der Waals surface area contributed by atoms with Crippen molar-refractivity contribution in [2.75, 3.05) is 5.32 Å². The average molecular weight is 256 g/mol. The van der Waals surface area contributed by atoms with Crippen LogP contribution >= 0.6 is 0 Å². The number of aromatic hydroxyl groups is 1. The van der Waals surface area contributed by atoms with E-state index in [9.17, 15) is 14.3 Å². The normalized spacial score (nSPS) is 15.7. The summed E-state index contributed by atoms with van der Waals surface area (Å²) in [6, 6.07) is 0.895. The maximum Gasteiger partial charge on any atom is 0.257 e. The van der Waals surface area contributed by atoms with Gasteiger partial charge in [-0.15, -0.1) is 0 Å². The highest BCUT2D eigenvalue weighted by Gasteiger charge is 2.22. The predicted molar refractivity (Wildman–Crippen MR) is 67.9 cm³/mol. The third-order valence-electron chi connectivity index (χ3n) is 2.88. The van der Waals surface area contributed by atoms with E-state index in [1.54, 1.807) is 6.08 Å². The Bertz CT molecular complexity index is 699. The minimum Gasteiger partial charge on any atom is -0.504 e. The summed E-state index contributed by atoms with van der Waals surface area (Å²) < 4.78 is 12.8. The number of nitrogens with one attached hydrogen (secondary N) is 1. The molecule has 5 heteroatoms. The minimum atomic E-state index is -0.665. The summed E-state index contributed by atoms with van der Waals surface area (Å²) in [5, 5.41) is 11.9. The van der Waals surface area contributed by atoms with E-state index in [0.717, 1.165) is 23.4 Å². The highest BCUT2D eigenvalue weighted by atomic mass is 19.1. The lowest BCUT2D eigenvalue weighted by Crippen LogP contribution is -2.15. The second-order valence-corrected chi connectivity index (χ2v) is 4.12. The number of fused-ring (bicyclic) bond motifs is 1. The zero-order chi connectivity index (χ0) is 13.4. The third kappa shape index (κ3) is 1.95. The first-order valence-electron chi connectivity index (χ1n) is 5.62. The third-order valence-corrected chi connectivity index (χ3v) is 2.88. The Morgan fingerprint density at radius 2 is 2.16 bits per heavy atom. The van der Waals surface area contributed by atoms with Gasteiger partial charge in [-0.05, 0) is 17.2 Å². The molecule has 0 radical (unpaired) electrons. The summed E-state index contributed by atoms with van der Waals surface area (Å²) in [6.07, 6.45) is 10.1. The quantitative estimate of drug-likeness (QED) is 0.852. The lowest BCUT2D eigenvalue weighted by Gasteiger charge is -2.08. The van der Waals surface area contributed by atoms with Crippen LogP contribution in [0.4, 0.5) is 10.2 Å². The zero-order valence-electron chi connectivity index (χ0n) is 9.72. The second-order valence-electron chi connectivity index (χ2n) is 4.12. The topological polar surface area (TPSA) is 62.2 Å². The molecule has 0 saturated carbocycles. The molecule has 3 rings (SSSR count). The fraction of sp³-hybridized carbons (Fsp3) is 0. The molecule has 0 spiro atoms. The molecular formula is C14H9FN2O2. The molecule has 2 aliphatic rings. The van der Waals surface area contributed by atoms with Crippen LogP contribution in [0.15, 0.2) is 59.4 Å². The number of amides is 1. The Hall–Kier alpha value is -2.69. The van der Waals surface area contributed by atoms with Gasteiger partial charge in [-0.3, -0.25) is 4.79 Å². The second kappa shape index (κ2) is 4.20. The maximum atomic E-state index is 12.8. The number of halogens is 1. The number of nitrogens with zero attached hydrogens (tertiary/aromatic N) is 1. The van der Waals surface area contributed by atoms with Gasteiger partial charge in [0, 0.05) is 11.6 Å². The number of carbonyl (C=O) groups is 1. The van der Waals surface area contributed by atoms with E-state index < -0.39 is 17.5 Å². The van der Waals surface area contributed by atoms with Crippen molar-refractivity contribution in [1.29, 1.82) is 0 Å². The van der Waals surface area contributed by atoms with Crippen LogP contribution in [0.25, 0.3) is 0 Å². The smallest absolute Gasteiger partial charge is 0.257 e. The Balaban J connectivity index is 1.80. The van der Waals surface area contributed by atoms with E-state index in [2.05, 4.69) is 10.3 Å². The molecule has 0 atom stereocenters. The number of hydrogen-bond acceptors (Lipinski definition) is 3. The van der Waals surface area contributed by atoms with Gasteiger partial charge in [-0.1, -0.05) is 24.3 Å². The van der Waals surface area contributed by atoms with Crippen LogP contribution in [0.3, 0.4) is 0 Å². The van der Waals surface area contributed by atoms with Crippen LogP contribution in [0, 0.1) is 5.82 Å². The molecule has 2 aliphatic carbocycles. The van der Waals surface area contributed by atoms with Crippen molar-refractivity contribution in [2.45, 2.75) is 0 Å². The summed E-state index contributed by atoms with van der Waals surface area (Å²) in [5.74, 6) is -1.52. The Kier molecular flexibility index (Phi) is 2.52. The van der Waals surface area contributed by atoms with Gasteiger partial charge in [0.2, 0.25) is 0 Å². The number of pyridine rings is 1. The Morgan fingerprint density at radius 3 is 2.95 bits per heavy atom. The van der Waals surface area contributed by atoms with Crippen molar-refractivity contribution in [3.8, 4) is 5.75 Å². The molecule has 0 unspecified atom stereocenters. The van der Waals surface area contributed by atoms with Gasteiger partial charge in [0.1, 0.15) is 5.82 Å². The summed E-state index contributed by atoms with van der Waals surface area (Å²) in [7, 11) is 0. The van der Waals surface area contributed by atoms with Crippen molar-refractivity contribution in [1.82, 2.24) is 4.98 Å². The first kappa shape index (κ1) is 11.4. The highest BCUT2D eigenvalue weighted by molar-refractivity contribution is 6.09. The highest BCUT2D eigenvalue weighted by Crippen LogP contribution is 2.32. The van der Waals surface area contributed by atoms with Crippen molar-refractivity contribution < 1.29 is 14.3 Å². The molecule has 0 bridgehead atoms. The predicted octanol–water partition coefficient (Wildman–Crippen LogP) is 2.23. The molecule has 2 N–H and O–H groups in total. The van der Waals surface area contributed by atoms with Crippen LogP contribution in [-0.2, 0) is 4.79 Å². The number of carbonyl (C=O) groups excluding carboxylic acids is 1. The minimum absolute atomic E-state index is 0.0627. The van der Waals surface area contributed by atoms with Gasteiger partial charge in [0.05, 0.1) is 6.20 Å². The van der Waals surface area contributed by atoms with E-state index in [1.807, 2.05) is 24.3 Å². The summed E-state index contributed by atoms with van der Waals surface area (Å²) in [6.45, 7) is 0. The van der Waals surface area contributed by atoms with E-state index in [1.165, 1.54) is 0 Å². The lowest BCUT2D eigenvalue weighted by molar-refractivity contribution is -0.112. The van der Waals surface area contributed by atoms with Crippen LogP contribution in [0.1, 0.15) is 0 Å². The fourth-order valence-corrected chi connectivity index (χ4v) is 1.99. The van der Waals surface area contributed by atoms with Crippen LogP contribution in [-0.4, -0.2) is 16.0 Å². The van der Waals surface area contributed by atoms with Crippen LogP contribution in [0.2, 0.25) is 0 Å². The molecule has 0 aromatic carbocycles. The summed E-state index contributed by atoms with van der Waals surface area (Å²) in [4.78, 5) is 15.7. The molecule has 0 fully saturated rings. The number of allylic oxidation sites excluding steroid dienone is 6. The molecule has 0 aliphatic heterocycles. The van der Waals surface area contributed by atoms with Crippen LogP contribution in [0.5, 0.6) is 5.75 Å². The van der Waals surface area contributed by atoms with E-state index >= 15 is 0 Å². The monoisotopic (exact) mass is 256 g/mol. The molecule has 1 heterocycles. The Morgan fingerprint density at radius 1 is 1.32 bits per heavy atom. The van der Waals surface area contributed by atoms with Gasteiger partial charge in [-0.25, -0.2) is 9.37 Å². The van der Waals surface area contributed by atoms with Gasteiger partial charge < -0.3 is 10.4 Å². The fourth-order valence-electron chi connectivity index (χ4n) is 1.99. The van der Waals surface area contributed by atoms with E-state index in [0.29, 0.717) is 5.57 Å². The van der Waals surface area contributed by atoms with Crippen LogP contribution < -0.4 is 5.32 Å². The molecule has 0 saturated heterocycles. The first-order chi connectivity index (χ1) is 9.15. The number of hydrogen-bond donors (Lipinski definition) is 2. The molecule has 4 nitrogen and oxygen atoms in total. The van der Waals surface area contributed by atoms with Crippen molar-refractivity contribution in [2.24, 2.45) is 0 Å². The molecule has 94 valence electrons. The van der Waals surface area contributed by atoms with Gasteiger partial charge in [-0.2, -0.15) is 0 Å². The summed E-state index contributed by atoms with van der Waals surface area (Å²) in [5.41, 5.74) is 2.30. The lowest BCUT2D eigenvalue weighted by atomic mass is 10.1. The average Bonchev–Trinajstić information content (AvgIpc) is 2.94. The van der Waals surface area contributed by atoms with Crippen molar-refractivity contribution in [3.63, 3.8) is 0 Å². The van der Waals surface area contributed by atoms with Gasteiger partial charge >= 0.3 is 0 Å². The number of rotatable bonds is 2. The number of aromatic nitrogens is 1. The maximum absolute atomic E-state index is 12.8.